The normalized spacial score (nSPS) is 11.2. The summed E-state index contributed by atoms with van der Waals surface area (Å²) in [4.78, 5) is 0. The summed E-state index contributed by atoms with van der Waals surface area (Å²) in [5.74, 6) is 0.644. The van der Waals surface area contributed by atoms with E-state index >= 15 is 0 Å². The van der Waals surface area contributed by atoms with Gasteiger partial charge in [0.1, 0.15) is 5.75 Å². The minimum atomic E-state index is -2.17. The van der Waals surface area contributed by atoms with Gasteiger partial charge in [-0.3, -0.25) is 4.57 Å². The molecule has 1 unspecified atom stereocenters. The Morgan fingerprint density at radius 2 is 1.31 bits per heavy atom. The van der Waals surface area contributed by atoms with Gasteiger partial charge in [-0.2, -0.15) is 0 Å². The molecule has 78 valence electrons. The molecule has 0 bridgehead atoms. The molecule has 0 saturated carbocycles. The van der Waals surface area contributed by atoms with Gasteiger partial charge in [0.2, 0.25) is 0 Å². The van der Waals surface area contributed by atoms with Crippen LogP contribution in [0.1, 0.15) is 0 Å². The predicted molar refractivity (Wildman–Crippen MR) is 62.1 cm³/mol. The maximum Gasteiger partial charge on any atom is 0.265 e. The van der Waals surface area contributed by atoms with Crippen LogP contribution in [-0.4, -0.2) is 0 Å². The Kier molecular flexibility index (Phi) is 5.45. The van der Waals surface area contributed by atoms with Crippen LogP contribution in [-0.2, 0) is 24.0 Å². The monoisotopic (exact) mass is 282 g/mol. The van der Waals surface area contributed by atoms with Gasteiger partial charge in [0, 0.05) is 24.8 Å². The Bertz CT molecular complexity index is 445. The molecule has 4 heteroatoms. The van der Waals surface area contributed by atoms with Gasteiger partial charge in [-0.05, 0) is 24.3 Å². The Morgan fingerprint density at radius 1 is 0.812 bits per heavy atom. The molecule has 0 spiro atoms. The fourth-order valence-electron chi connectivity index (χ4n) is 1.23. The van der Waals surface area contributed by atoms with Gasteiger partial charge in [-0.1, -0.05) is 36.4 Å². The van der Waals surface area contributed by atoms with Gasteiger partial charge in [-0.15, -0.1) is 0 Å². The number of hydrogen-bond donors (Lipinski definition) is 0. The van der Waals surface area contributed by atoms with Crippen molar-refractivity contribution in [2.24, 2.45) is 0 Å². The second-order valence-corrected chi connectivity index (χ2v) is 4.42. The van der Waals surface area contributed by atoms with Gasteiger partial charge < -0.3 is 4.52 Å². The summed E-state index contributed by atoms with van der Waals surface area (Å²) in [6, 6.07) is 18.4. The zero-order valence-corrected chi connectivity index (χ0v) is 12.8. The van der Waals surface area contributed by atoms with Crippen molar-refractivity contribution in [3.05, 3.63) is 60.7 Å². The number of para-hydroxylation sites is 1. The summed E-state index contributed by atoms with van der Waals surface area (Å²) in [6.07, 6.45) is 0. The first-order chi connectivity index (χ1) is 7.36. The Hall–Kier alpha value is -0.907. The maximum absolute atomic E-state index is 11.8. The van der Waals surface area contributed by atoms with Crippen LogP contribution in [0.5, 0.6) is 5.75 Å². The molecule has 2 nitrogen and oxygen atoms in total. The topological polar surface area (TPSA) is 26.3 Å². The summed E-state index contributed by atoms with van der Waals surface area (Å²) in [7, 11) is -2.17. The van der Waals surface area contributed by atoms with Crippen LogP contribution in [0.3, 0.4) is 0 Å². The molecular formula is C12H11O2PZn. The summed E-state index contributed by atoms with van der Waals surface area (Å²) in [6.45, 7) is 0. The van der Waals surface area contributed by atoms with Crippen molar-refractivity contribution in [1.82, 2.24) is 0 Å². The molecular weight excluding hydrogens is 272 g/mol. The van der Waals surface area contributed by atoms with Gasteiger partial charge in [0.05, 0.1) is 0 Å². The third kappa shape index (κ3) is 3.59. The van der Waals surface area contributed by atoms with Crippen molar-refractivity contribution in [1.29, 1.82) is 0 Å². The molecule has 0 aromatic heterocycles. The molecule has 2 aromatic rings. The molecule has 2 aromatic carbocycles. The van der Waals surface area contributed by atoms with Gasteiger partial charge in [0.15, 0.2) is 0 Å². The van der Waals surface area contributed by atoms with E-state index in [1.54, 1.807) is 12.1 Å². The van der Waals surface area contributed by atoms with Crippen molar-refractivity contribution < 1.29 is 28.6 Å². The van der Waals surface area contributed by atoms with E-state index in [0.29, 0.717) is 5.75 Å². The quantitative estimate of drug-likeness (QED) is 0.639. The molecule has 0 saturated heterocycles. The third-order valence-corrected chi connectivity index (χ3v) is 3.19. The van der Waals surface area contributed by atoms with E-state index in [9.17, 15) is 4.57 Å². The molecule has 0 aliphatic heterocycles. The maximum atomic E-state index is 11.8. The summed E-state index contributed by atoms with van der Waals surface area (Å²) in [5, 5.41) is 0.742. The van der Waals surface area contributed by atoms with E-state index in [4.69, 9.17) is 4.52 Å². The van der Waals surface area contributed by atoms with Crippen LogP contribution in [0.15, 0.2) is 60.7 Å². The average molecular weight is 284 g/mol. The Balaban J connectivity index is 0.00000128. The van der Waals surface area contributed by atoms with Crippen LogP contribution >= 0.6 is 8.03 Å². The van der Waals surface area contributed by atoms with E-state index in [1.165, 1.54) is 0 Å². The van der Waals surface area contributed by atoms with E-state index < -0.39 is 8.03 Å². The predicted octanol–water partition coefficient (Wildman–Crippen LogP) is 2.86. The van der Waals surface area contributed by atoms with Crippen LogP contribution in [0.4, 0.5) is 0 Å². The Labute approximate surface area is 108 Å². The number of benzene rings is 2. The third-order valence-electron chi connectivity index (χ3n) is 1.96. The van der Waals surface area contributed by atoms with E-state index in [-0.39, 0.29) is 19.5 Å². The molecule has 0 aliphatic rings. The number of hydrogen-bond acceptors (Lipinski definition) is 2. The molecule has 0 amide bonds. The second kappa shape index (κ2) is 6.63. The van der Waals surface area contributed by atoms with Crippen molar-refractivity contribution in [3.63, 3.8) is 0 Å². The molecule has 1 atom stereocenters. The minimum absolute atomic E-state index is 0. The molecule has 0 heterocycles. The van der Waals surface area contributed by atoms with Crippen LogP contribution in [0.2, 0.25) is 0 Å². The van der Waals surface area contributed by atoms with Gasteiger partial charge in [-0.25, -0.2) is 0 Å². The van der Waals surface area contributed by atoms with Crippen molar-refractivity contribution in [2.75, 3.05) is 0 Å². The molecule has 16 heavy (non-hydrogen) atoms. The van der Waals surface area contributed by atoms with Crippen molar-refractivity contribution in [2.45, 2.75) is 0 Å². The van der Waals surface area contributed by atoms with E-state index in [2.05, 4.69) is 0 Å². The fraction of sp³-hybridized carbons (Fsp3) is 0. The number of rotatable bonds is 3. The SMILES string of the molecule is O=[PH](Oc1ccccc1)c1ccccc1.[Zn]. The Morgan fingerprint density at radius 3 is 1.88 bits per heavy atom. The van der Waals surface area contributed by atoms with Gasteiger partial charge in [0.25, 0.3) is 8.03 Å². The summed E-state index contributed by atoms with van der Waals surface area (Å²) >= 11 is 0. The zero-order valence-electron chi connectivity index (χ0n) is 8.80. The molecule has 0 fully saturated rings. The minimum Gasteiger partial charge on any atom is -0.442 e. The standard InChI is InChI=1S/C12H11O2P.Zn/c13-15(12-9-5-2-6-10-12)14-11-7-3-1-4-8-11;/h1-10,15H;. The summed E-state index contributed by atoms with van der Waals surface area (Å²) in [5.41, 5.74) is 0. The van der Waals surface area contributed by atoms with E-state index in [0.717, 1.165) is 5.30 Å². The van der Waals surface area contributed by atoms with Gasteiger partial charge >= 0.3 is 0 Å². The summed E-state index contributed by atoms with van der Waals surface area (Å²) < 4.78 is 17.1. The first kappa shape index (κ1) is 13.2. The average Bonchev–Trinajstić information content (AvgIpc) is 2.31. The second-order valence-electron chi connectivity index (χ2n) is 3.07. The van der Waals surface area contributed by atoms with Crippen LogP contribution < -0.4 is 9.83 Å². The smallest absolute Gasteiger partial charge is 0.265 e. The van der Waals surface area contributed by atoms with Crippen LogP contribution in [0, 0.1) is 0 Å². The molecule has 0 aliphatic carbocycles. The molecule has 0 radical (unpaired) electrons. The first-order valence-corrected chi connectivity index (χ1v) is 6.00. The largest absolute Gasteiger partial charge is 0.442 e. The zero-order chi connectivity index (χ0) is 10.5. The van der Waals surface area contributed by atoms with E-state index in [1.807, 2.05) is 48.5 Å². The first-order valence-electron chi connectivity index (χ1n) is 4.68. The molecule has 2 rings (SSSR count). The fourth-order valence-corrected chi connectivity index (χ4v) is 2.16. The van der Waals surface area contributed by atoms with Crippen molar-refractivity contribution >= 4 is 13.3 Å². The molecule has 0 N–H and O–H groups in total. The van der Waals surface area contributed by atoms with Crippen LogP contribution in [0.25, 0.3) is 0 Å². The van der Waals surface area contributed by atoms with Crippen molar-refractivity contribution in [3.8, 4) is 5.75 Å².